The van der Waals surface area contributed by atoms with Gasteiger partial charge in [-0.15, -0.1) is 0 Å². The van der Waals surface area contributed by atoms with Crippen molar-refractivity contribution in [1.29, 1.82) is 0 Å². The van der Waals surface area contributed by atoms with Crippen LogP contribution in [0.5, 0.6) is 11.5 Å². The molecule has 3 rings (SSSR count). The average Bonchev–Trinajstić information content (AvgIpc) is 2.93. The van der Waals surface area contributed by atoms with Gasteiger partial charge < -0.3 is 9.47 Å². The molecule has 0 spiro atoms. The number of unbranched alkanes of at least 4 members (excludes halogenated alkanes) is 10. The summed E-state index contributed by atoms with van der Waals surface area (Å²) in [6, 6.07) is 14.2. The number of nitrogens with one attached hydrogen (secondary N) is 1. The molecule has 0 amide bonds. The number of pyridine rings is 1. The number of hydrogen-bond acceptors (Lipinski definition) is 5. The Kier molecular flexibility index (Phi) is 14.2. The lowest BCUT2D eigenvalue weighted by atomic mass is 10.1. The average molecular weight is 597 g/mol. The normalized spacial score (nSPS) is 11.4. The number of ether oxygens (including phenoxy) is 2. The number of halogens is 1. The topological polar surface area (TPSA) is 55.7 Å². The van der Waals surface area contributed by atoms with Gasteiger partial charge in [-0.2, -0.15) is 5.10 Å². The van der Waals surface area contributed by atoms with Crippen molar-refractivity contribution in [2.75, 3.05) is 18.6 Å². The quantitative estimate of drug-likeness (QED) is 0.0850. The van der Waals surface area contributed by atoms with Gasteiger partial charge in [0.25, 0.3) is 0 Å². The number of benzene rings is 2. The fourth-order valence-corrected chi connectivity index (χ4v) is 4.93. The Morgan fingerprint density at radius 3 is 2.10 bits per heavy atom. The Balaban J connectivity index is 1.63. The van der Waals surface area contributed by atoms with E-state index in [-0.39, 0.29) is 0 Å². The number of fused-ring (bicyclic) bond motifs is 1. The molecule has 212 valence electrons. The van der Waals surface area contributed by atoms with Crippen molar-refractivity contribution in [2.45, 2.75) is 97.8 Å². The van der Waals surface area contributed by atoms with Crippen molar-refractivity contribution in [3.63, 3.8) is 0 Å². The van der Waals surface area contributed by atoms with Crippen molar-refractivity contribution < 1.29 is 9.47 Å². The zero-order valence-electron chi connectivity index (χ0n) is 24.1. The number of aryl methyl sites for hydroxylation is 1. The number of nitrogens with zero attached hydrogens (tertiary/aromatic N) is 2. The van der Waals surface area contributed by atoms with Crippen LogP contribution < -0.4 is 14.9 Å². The molecule has 0 radical (unpaired) electrons. The van der Waals surface area contributed by atoms with Gasteiger partial charge in [0.15, 0.2) is 11.5 Å². The SMILES string of the molecule is CCCCCCCCOc1ccc(/C=N/Nc2cc(C)nc3ccc(Br)cc23)cc1OCCCCCCCC. The van der Waals surface area contributed by atoms with Crippen molar-refractivity contribution >= 4 is 38.7 Å². The molecule has 0 fully saturated rings. The van der Waals surface area contributed by atoms with E-state index in [0.717, 1.165) is 63.3 Å². The lowest BCUT2D eigenvalue weighted by molar-refractivity contribution is 0.258. The largest absolute Gasteiger partial charge is 0.490 e. The predicted molar refractivity (Wildman–Crippen MR) is 170 cm³/mol. The predicted octanol–water partition coefficient (Wildman–Crippen LogP) is 10.2. The van der Waals surface area contributed by atoms with Crippen LogP contribution >= 0.6 is 15.9 Å². The molecule has 3 aromatic rings. The van der Waals surface area contributed by atoms with Crippen LogP contribution in [0.1, 0.15) is 102 Å². The zero-order valence-corrected chi connectivity index (χ0v) is 25.7. The summed E-state index contributed by atoms with van der Waals surface area (Å²) >= 11 is 3.56. The summed E-state index contributed by atoms with van der Waals surface area (Å²) in [4.78, 5) is 4.63. The second kappa shape index (κ2) is 17.9. The van der Waals surface area contributed by atoms with Gasteiger partial charge in [-0.1, -0.05) is 94.0 Å². The minimum Gasteiger partial charge on any atom is -0.490 e. The minimum atomic E-state index is 0.704. The van der Waals surface area contributed by atoms with Gasteiger partial charge in [-0.25, -0.2) is 0 Å². The summed E-state index contributed by atoms with van der Waals surface area (Å²) in [6.45, 7) is 7.92. The van der Waals surface area contributed by atoms with Gasteiger partial charge in [-0.3, -0.25) is 10.4 Å². The first kappa shape index (κ1) is 30.9. The number of rotatable bonds is 19. The first-order valence-corrected chi connectivity index (χ1v) is 15.7. The van der Waals surface area contributed by atoms with Gasteiger partial charge >= 0.3 is 0 Å². The van der Waals surface area contributed by atoms with Crippen LogP contribution in [0.3, 0.4) is 0 Å². The van der Waals surface area contributed by atoms with E-state index in [0.29, 0.717) is 6.61 Å². The molecular weight excluding hydrogens is 550 g/mol. The van der Waals surface area contributed by atoms with E-state index in [2.05, 4.69) is 51.4 Å². The number of hydrogen-bond donors (Lipinski definition) is 1. The van der Waals surface area contributed by atoms with E-state index in [1.807, 2.05) is 49.5 Å². The molecule has 5 nitrogen and oxygen atoms in total. The summed E-state index contributed by atoms with van der Waals surface area (Å²) in [5, 5.41) is 5.56. The molecule has 39 heavy (non-hydrogen) atoms. The molecule has 0 bridgehead atoms. The van der Waals surface area contributed by atoms with E-state index in [1.54, 1.807) is 0 Å². The molecule has 1 N–H and O–H groups in total. The molecule has 0 unspecified atom stereocenters. The third kappa shape index (κ3) is 11.2. The van der Waals surface area contributed by atoms with Crippen LogP contribution in [-0.4, -0.2) is 24.4 Å². The van der Waals surface area contributed by atoms with Crippen molar-refractivity contribution in [1.82, 2.24) is 4.98 Å². The maximum atomic E-state index is 6.23. The summed E-state index contributed by atoms with van der Waals surface area (Å²) in [5.41, 5.74) is 6.98. The Labute approximate surface area is 243 Å². The fraction of sp³-hybridized carbons (Fsp3) is 0.515. The molecule has 0 aliphatic rings. The smallest absolute Gasteiger partial charge is 0.161 e. The molecule has 0 saturated heterocycles. The molecule has 0 atom stereocenters. The first-order chi connectivity index (χ1) is 19.1. The van der Waals surface area contributed by atoms with Crippen molar-refractivity contribution in [3.05, 3.63) is 58.2 Å². The molecule has 0 saturated carbocycles. The number of anilines is 1. The van der Waals surface area contributed by atoms with Gasteiger partial charge in [0.2, 0.25) is 0 Å². The van der Waals surface area contributed by atoms with E-state index in [4.69, 9.17) is 9.47 Å². The van der Waals surface area contributed by atoms with Crippen LogP contribution in [0, 0.1) is 6.92 Å². The van der Waals surface area contributed by atoms with E-state index >= 15 is 0 Å². The van der Waals surface area contributed by atoms with E-state index in [1.165, 1.54) is 64.2 Å². The Morgan fingerprint density at radius 2 is 1.41 bits per heavy atom. The van der Waals surface area contributed by atoms with Gasteiger partial charge in [0.05, 0.1) is 30.6 Å². The molecule has 6 heteroatoms. The van der Waals surface area contributed by atoms with Gasteiger partial charge in [-0.05, 0) is 67.8 Å². The van der Waals surface area contributed by atoms with Crippen LogP contribution in [0.4, 0.5) is 5.69 Å². The summed E-state index contributed by atoms with van der Waals surface area (Å²) in [6.07, 6.45) is 16.7. The Bertz CT molecular complexity index is 1170. The monoisotopic (exact) mass is 595 g/mol. The maximum absolute atomic E-state index is 6.23. The molecule has 2 aromatic carbocycles. The lowest BCUT2D eigenvalue weighted by Crippen LogP contribution is -2.03. The third-order valence-corrected chi connectivity index (χ3v) is 7.27. The Morgan fingerprint density at radius 1 is 0.769 bits per heavy atom. The highest BCUT2D eigenvalue weighted by molar-refractivity contribution is 9.10. The Hall–Kier alpha value is -2.60. The molecule has 0 aliphatic heterocycles. The van der Waals surface area contributed by atoms with E-state index in [9.17, 15) is 0 Å². The number of hydrazone groups is 1. The third-order valence-electron chi connectivity index (χ3n) is 6.78. The molecular formula is C33H46BrN3O2. The highest BCUT2D eigenvalue weighted by atomic mass is 79.9. The van der Waals surface area contributed by atoms with Crippen molar-refractivity contribution in [2.24, 2.45) is 5.10 Å². The maximum Gasteiger partial charge on any atom is 0.161 e. The standard InChI is InChI=1S/C33H46BrN3O2/c1-4-6-8-10-12-14-20-38-32-19-16-27(23-33(32)39-21-15-13-11-9-7-5-2)25-35-37-31-22-26(3)36-30-18-17-28(34)24-29(30)31/h16-19,22-25H,4-15,20-21H2,1-3H3,(H,36,37)/b35-25+. The van der Waals surface area contributed by atoms with Crippen LogP contribution in [0.15, 0.2) is 52.0 Å². The lowest BCUT2D eigenvalue weighted by Gasteiger charge is -2.14. The van der Waals surface area contributed by atoms with Gasteiger partial charge in [0, 0.05) is 15.6 Å². The summed E-state index contributed by atoms with van der Waals surface area (Å²) in [5.74, 6) is 1.62. The second-order valence-electron chi connectivity index (χ2n) is 10.3. The number of aromatic nitrogens is 1. The van der Waals surface area contributed by atoms with Crippen LogP contribution in [-0.2, 0) is 0 Å². The highest BCUT2D eigenvalue weighted by Gasteiger charge is 2.08. The van der Waals surface area contributed by atoms with Crippen molar-refractivity contribution in [3.8, 4) is 11.5 Å². The first-order valence-electron chi connectivity index (χ1n) is 14.9. The fourth-order valence-electron chi connectivity index (χ4n) is 4.57. The molecule has 1 aromatic heterocycles. The summed E-state index contributed by atoms with van der Waals surface area (Å²) < 4.78 is 13.4. The highest BCUT2D eigenvalue weighted by Crippen LogP contribution is 2.29. The summed E-state index contributed by atoms with van der Waals surface area (Å²) in [7, 11) is 0. The van der Waals surface area contributed by atoms with Crippen LogP contribution in [0.2, 0.25) is 0 Å². The molecule has 1 heterocycles. The second-order valence-corrected chi connectivity index (χ2v) is 11.2. The minimum absolute atomic E-state index is 0.704. The van der Waals surface area contributed by atoms with E-state index < -0.39 is 0 Å². The molecule has 0 aliphatic carbocycles. The van der Waals surface area contributed by atoms with Gasteiger partial charge in [0.1, 0.15) is 0 Å². The zero-order chi connectivity index (χ0) is 27.7. The van der Waals surface area contributed by atoms with Crippen LogP contribution in [0.25, 0.3) is 10.9 Å².